The quantitative estimate of drug-likeness (QED) is 0.307. The molecule has 1 amide bonds. The number of nitrogens with zero attached hydrogens (tertiary/aromatic N) is 2. The molecule has 2 atom stereocenters. The van der Waals surface area contributed by atoms with Gasteiger partial charge in [-0.15, -0.1) is 0 Å². The van der Waals surface area contributed by atoms with Crippen LogP contribution in [0.4, 0.5) is 10.1 Å². The molecule has 7 heteroatoms. The normalized spacial score (nSPS) is 17.6. The van der Waals surface area contributed by atoms with Crippen molar-refractivity contribution in [1.29, 1.82) is 0 Å². The van der Waals surface area contributed by atoms with Crippen LogP contribution in [0.2, 0.25) is 0 Å². The molecule has 0 saturated carbocycles. The number of hydrogen-bond acceptors (Lipinski definition) is 5. The minimum Gasteiger partial charge on any atom is -0.477 e. The number of hydrogen-bond donors (Lipinski definition) is 1. The van der Waals surface area contributed by atoms with Gasteiger partial charge < -0.3 is 15.0 Å². The predicted octanol–water partition coefficient (Wildman–Crippen LogP) is 5.88. The largest absolute Gasteiger partial charge is 0.477 e. The molecule has 1 aliphatic heterocycles. The number of ether oxygens (including phenoxy) is 1. The van der Waals surface area contributed by atoms with E-state index in [-0.39, 0.29) is 30.5 Å². The summed E-state index contributed by atoms with van der Waals surface area (Å²) in [7, 11) is 0. The summed E-state index contributed by atoms with van der Waals surface area (Å²) in [4.78, 5) is 29.4. The van der Waals surface area contributed by atoms with Crippen molar-refractivity contribution in [2.24, 2.45) is 0 Å². The van der Waals surface area contributed by atoms with E-state index in [4.69, 9.17) is 4.74 Å². The Labute approximate surface area is 227 Å². The molecule has 5 rings (SSSR count). The zero-order valence-electron chi connectivity index (χ0n) is 21.9. The smallest absolute Gasteiger partial charge is 0.259 e. The molecule has 0 bridgehead atoms. The van der Waals surface area contributed by atoms with E-state index in [1.807, 2.05) is 85.5 Å². The lowest BCUT2D eigenvalue weighted by Crippen LogP contribution is -2.55. The first kappa shape index (κ1) is 26.2. The summed E-state index contributed by atoms with van der Waals surface area (Å²) in [5.41, 5.74) is 2.56. The molecular weight excluding hydrogens is 493 g/mol. The van der Waals surface area contributed by atoms with Crippen molar-refractivity contribution >= 4 is 28.3 Å². The van der Waals surface area contributed by atoms with Crippen molar-refractivity contribution in [3.8, 4) is 5.75 Å². The minimum atomic E-state index is -0.293. The fourth-order valence-corrected chi connectivity index (χ4v) is 4.97. The number of carbonyl (C=O) groups excluding carboxylic acids is 2. The van der Waals surface area contributed by atoms with Crippen LogP contribution in [0.15, 0.2) is 96.7 Å². The van der Waals surface area contributed by atoms with E-state index in [1.165, 1.54) is 12.1 Å². The zero-order chi connectivity index (χ0) is 27.4. The number of piperazine rings is 1. The fraction of sp³-hybridized carbons (Fsp3) is 0.219. The van der Waals surface area contributed by atoms with Gasteiger partial charge in [0.15, 0.2) is 0 Å². The van der Waals surface area contributed by atoms with Gasteiger partial charge in [0.2, 0.25) is 0 Å². The number of rotatable bonds is 7. The summed E-state index contributed by atoms with van der Waals surface area (Å²) in [6, 6.07) is 26.9. The van der Waals surface area contributed by atoms with Crippen molar-refractivity contribution in [1.82, 2.24) is 9.80 Å². The van der Waals surface area contributed by atoms with Crippen LogP contribution in [0.1, 0.15) is 29.8 Å². The fourth-order valence-electron chi connectivity index (χ4n) is 4.97. The second kappa shape index (κ2) is 11.5. The van der Waals surface area contributed by atoms with E-state index in [0.717, 1.165) is 16.3 Å². The van der Waals surface area contributed by atoms with E-state index in [1.54, 1.807) is 12.1 Å². The number of para-hydroxylation sites is 1. The average molecular weight is 524 g/mol. The van der Waals surface area contributed by atoms with E-state index < -0.39 is 0 Å². The van der Waals surface area contributed by atoms with Gasteiger partial charge in [-0.1, -0.05) is 54.6 Å². The van der Waals surface area contributed by atoms with Crippen LogP contribution in [-0.2, 0) is 11.3 Å². The van der Waals surface area contributed by atoms with Gasteiger partial charge in [0.05, 0.1) is 11.6 Å². The maximum atomic E-state index is 13.4. The molecule has 198 valence electrons. The Morgan fingerprint density at radius 3 is 2.33 bits per heavy atom. The minimum absolute atomic E-state index is 0.0104. The second-order valence-corrected chi connectivity index (χ2v) is 9.83. The standard InChI is InChI=1S/C32H30FN3O3/c1-22-18-35(23(2)30(20-37)36(22)19-24-12-14-27(33)15-13-24)21-39-31-17-26-9-7-6-8-25(26)16-29(31)32(38)34-28-10-4-3-5-11-28/h3-17,22-23H,18-19,21H2,1-2H3,(H,34,38)/t22-,23+/m1/s1. The summed E-state index contributed by atoms with van der Waals surface area (Å²) < 4.78 is 19.7. The Balaban J connectivity index is 1.35. The van der Waals surface area contributed by atoms with Gasteiger partial charge in [0.25, 0.3) is 5.91 Å². The average Bonchev–Trinajstić information content (AvgIpc) is 2.95. The molecule has 39 heavy (non-hydrogen) atoms. The number of amides is 1. The molecular formula is C32H30FN3O3. The van der Waals surface area contributed by atoms with Gasteiger partial charge in [-0.25, -0.2) is 9.18 Å². The van der Waals surface area contributed by atoms with E-state index in [0.29, 0.717) is 35.8 Å². The van der Waals surface area contributed by atoms with E-state index in [2.05, 4.69) is 16.2 Å². The van der Waals surface area contributed by atoms with Crippen LogP contribution in [0.25, 0.3) is 10.8 Å². The highest BCUT2D eigenvalue weighted by Gasteiger charge is 2.34. The lowest BCUT2D eigenvalue weighted by atomic mass is 10.0. The van der Waals surface area contributed by atoms with Crippen molar-refractivity contribution in [3.63, 3.8) is 0 Å². The number of halogens is 1. The van der Waals surface area contributed by atoms with E-state index >= 15 is 0 Å². The third-order valence-corrected chi connectivity index (χ3v) is 7.16. The highest BCUT2D eigenvalue weighted by atomic mass is 19.1. The number of benzene rings is 4. The zero-order valence-corrected chi connectivity index (χ0v) is 21.9. The van der Waals surface area contributed by atoms with Crippen molar-refractivity contribution < 1.29 is 18.7 Å². The molecule has 1 aliphatic rings. The first-order chi connectivity index (χ1) is 18.9. The first-order valence-corrected chi connectivity index (χ1v) is 12.9. The molecule has 0 aromatic heterocycles. The second-order valence-electron chi connectivity index (χ2n) is 9.83. The molecule has 1 saturated heterocycles. The third-order valence-electron chi connectivity index (χ3n) is 7.16. The maximum absolute atomic E-state index is 13.4. The van der Waals surface area contributed by atoms with Crippen LogP contribution in [0, 0.1) is 5.82 Å². The van der Waals surface area contributed by atoms with Gasteiger partial charge in [0, 0.05) is 24.8 Å². The van der Waals surface area contributed by atoms with Crippen LogP contribution in [0.5, 0.6) is 5.75 Å². The van der Waals surface area contributed by atoms with Crippen molar-refractivity contribution in [3.05, 3.63) is 114 Å². The van der Waals surface area contributed by atoms with Crippen LogP contribution >= 0.6 is 0 Å². The van der Waals surface area contributed by atoms with Gasteiger partial charge in [-0.3, -0.25) is 9.69 Å². The van der Waals surface area contributed by atoms with Gasteiger partial charge in [-0.05, 0) is 66.6 Å². The molecule has 6 nitrogen and oxygen atoms in total. The summed E-state index contributed by atoms with van der Waals surface area (Å²) in [5.74, 6) is 2.04. The number of nitrogens with one attached hydrogen (secondary N) is 1. The Kier molecular flexibility index (Phi) is 7.73. The molecule has 4 aromatic carbocycles. The summed E-state index contributed by atoms with van der Waals surface area (Å²) >= 11 is 0. The lowest BCUT2D eigenvalue weighted by Gasteiger charge is -2.45. The first-order valence-electron chi connectivity index (χ1n) is 12.9. The maximum Gasteiger partial charge on any atom is 0.259 e. The Hall–Kier alpha value is -4.45. The van der Waals surface area contributed by atoms with Crippen LogP contribution in [0.3, 0.4) is 0 Å². The third kappa shape index (κ3) is 5.85. The topological polar surface area (TPSA) is 61.9 Å². The molecule has 0 aliphatic carbocycles. The number of carbonyl (C=O) groups is 1. The van der Waals surface area contributed by atoms with Gasteiger partial charge in [-0.2, -0.15) is 0 Å². The Bertz CT molecular complexity index is 1520. The highest BCUT2D eigenvalue weighted by Crippen LogP contribution is 2.30. The molecule has 0 unspecified atom stereocenters. The number of anilines is 1. The monoisotopic (exact) mass is 523 g/mol. The van der Waals surface area contributed by atoms with Crippen molar-refractivity contribution in [2.45, 2.75) is 32.5 Å². The lowest BCUT2D eigenvalue weighted by molar-refractivity contribution is 0.0283. The van der Waals surface area contributed by atoms with Crippen LogP contribution < -0.4 is 10.1 Å². The molecule has 1 fully saturated rings. The summed E-state index contributed by atoms with van der Waals surface area (Å²) in [6.07, 6.45) is 0. The summed E-state index contributed by atoms with van der Waals surface area (Å²) in [6.45, 7) is 5.28. The molecule has 4 aromatic rings. The Morgan fingerprint density at radius 1 is 0.974 bits per heavy atom. The van der Waals surface area contributed by atoms with Crippen LogP contribution in [-0.4, -0.2) is 47.0 Å². The molecule has 1 N–H and O–H groups in total. The van der Waals surface area contributed by atoms with Crippen molar-refractivity contribution in [2.75, 3.05) is 18.6 Å². The van der Waals surface area contributed by atoms with Gasteiger partial charge >= 0.3 is 0 Å². The van der Waals surface area contributed by atoms with E-state index in [9.17, 15) is 14.0 Å². The summed E-state index contributed by atoms with van der Waals surface area (Å²) in [5, 5.41) is 4.84. The predicted molar refractivity (Wildman–Crippen MR) is 151 cm³/mol. The number of fused-ring (bicyclic) bond motifs is 1. The molecule has 0 spiro atoms. The highest BCUT2D eigenvalue weighted by molar-refractivity contribution is 6.08. The SMILES string of the molecule is C[C@@H]1CN(COc2cc3ccccc3cc2C(=O)Nc2ccccc2)[C@@H](C)C(=C=O)N1Cc1ccc(F)cc1. The Morgan fingerprint density at radius 2 is 1.64 bits per heavy atom. The molecule has 1 heterocycles. The molecule has 0 radical (unpaired) electrons. The van der Waals surface area contributed by atoms with Gasteiger partial charge in [0.1, 0.15) is 29.9 Å².